The van der Waals surface area contributed by atoms with Crippen molar-refractivity contribution in [1.29, 1.82) is 0 Å². The first-order valence-electron chi connectivity index (χ1n) is 4.48. The van der Waals surface area contributed by atoms with Crippen molar-refractivity contribution in [3.8, 4) is 0 Å². The minimum absolute atomic E-state index is 0.251. The van der Waals surface area contributed by atoms with Crippen LogP contribution in [0.1, 0.15) is 23.7 Å². The molecule has 0 unspecified atom stereocenters. The van der Waals surface area contributed by atoms with E-state index in [4.69, 9.17) is 22.1 Å². The summed E-state index contributed by atoms with van der Waals surface area (Å²) in [6.45, 7) is 2.30. The molecule has 0 aromatic heterocycles. The maximum Gasteiger partial charge on any atom is 0.340 e. The van der Waals surface area contributed by atoms with Crippen LogP contribution in [0, 0.1) is 0 Å². The number of esters is 1. The number of nitrogens with two attached hydrogens (primary N) is 1. The molecule has 1 rings (SSSR count). The monoisotopic (exact) mass is 291 g/mol. The molecule has 0 saturated carbocycles. The Bertz CT molecular complexity index is 382. The highest BCUT2D eigenvalue weighted by Gasteiger charge is 2.14. The number of nitrogen functional groups attached to an aromatic ring is 1. The van der Waals surface area contributed by atoms with Gasteiger partial charge in [0.15, 0.2) is 0 Å². The van der Waals surface area contributed by atoms with Crippen LogP contribution in [0.15, 0.2) is 16.6 Å². The van der Waals surface area contributed by atoms with Gasteiger partial charge < -0.3 is 10.5 Å². The highest BCUT2D eigenvalue weighted by atomic mass is 79.9. The molecule has 1 aromatic carbocycles. The van der Waals surface area contributed by atoms with Gasteiger partial charge in [-0.1, -0.05) is 34.5 Å². The van der Waals surface area contributed by atoms with E-state index in [0.29, 0.717) is 21.7 Å². The van der Waals surface area contributed by atoms with E-state index in [-0.39, 0.29) is 5.69 Å². The number of halogens is 2. The zero-order valence-corrected chi connectivity index (χ0v) is 10.6. The van der Waals surface area contributed by atoms with Crippen LogP contribution in [0.5, 0.6) is 0 Å². The third-order valence-corrected chi connectivity index (χ3v) is 2.52. The summed E-state index contributed by atoms with van der Waals surface area (Å²) in [7, 11) is 0. The molecule has 0 aliphatic rings. The van der Waals surface area contributed by atoms with E-state index in [1.165, 1.54) is 0 Å². The van der Waals surface area contributed by atoms with E-state index in [1.807, 2.05) is 6.92 Å². The topological polar surface area (TPSA) is 52.3 Å². The Kier molecular flexibility index (Phi) is 4.42. The van der Waals surface area contributed by atoms with E-state index in [0.717, 1.165) is 6.42 Å². The minimum atomic E-state index is -0.447. The van der Waals surface area contributed by atoms with Crippen LogP contribution in [0.25, 0.3) is 0 Å². The fraction of sp³-hybridized carbons (Fsp3) is 0.300. The van der Waals surface area contributed by atoms with Crippen LogP contribution in [-0.4, -0.2) is 12.6 Å². The van der Waals surface area contributed by atoms with Crippen LogP contribution in [0.3, 0.4) is 0 Å². The Morgan fingerprint density at radius 3 is 2.87 bits per heavy atom. The molecule has 5 heteroatoms. The lowest BCUT2D eigenvalue weighted by molar-refractivity contribution is 0.0506. The van der Waals surface area contributed by atoms with Crippen molar-refractivity contribution in [3.05, 3.63) is 27.2 Å². The first kappa shape index (κ1) is 12.3. The van der Waals surface area contributed by atoms with Gasteiger partial charge in [-0.3, -0.25) is 0 Å². The van der Waals surface area contributed by atoms with Crippen molar-refractivity contribution >= 4 is 39.2 Å². The van der Waals surface area contributed by atoms with Crippen molar-refractivity contribution in [3.63, 3.8) is 0 Å². The van der Waals surface area contributed by atoms with E-state index in [1.54, 1.807) is 12.1 Å². The normalized spacial score (nSPS) is 10.1. The van der Waals surface area contributed by atoms with Crippen molar-refractivity contribution in [2.75, 3.05) is 12.3 Å². The zero-order chi connectivity index (χ0) is 11.4. The maximum absolute atomic E-state index is 11.5. The van der Waals surface area contributed by atoms with Gasteiger partial charge in [-0.15, -0.1) is 0 Å². The fourth-order valence-electron chi connectivity index (χ4n) is 1.03. The molecule has 82 valence electrons. The summed E-state index contributed by atoms with van der Waals surface area (Å²) in [5.41, 5.74) is 6.22. The predicted octanol–water partition coefficient (Wildman–Crippen LogP) is 3.25. The smallest absolute Gasteiger partial charge is 0.340 e. The molecule has 0 heterocycles. The van der Waals surface area contributed by atoms with Crippen molar-refractivity contribution in [1.82, 2.24) is 0 Å². The van der Waals surface area contributed by atoms with Crippen molar-refractivity contribution in [2.24, 2.45) is 0 Å². The van der Waals surface area contributed by atoms with Gasteiger partial charge in [0.2, 0.25) is 0 Å². The number of rotatable bonds is 3. The van der Waals surface area contributed by atoms with Gasteiger partial charge in [0.1, 0.15) is 0 Å². The number of hydrogen-bond acceptors (Lipinski definition) is 3. The number of anilines is 1. The predicted molar refractivity (Wildman–Crippen MR) is 64.1 cm³/mol. The molecule has 0 radical (unpaired) electrons. The molecule has 1 aromatic rings. The summed E-state index contributed by atoms with van der Waals surface area (Å²) >= 11 is 9.07. The average molecular weight is 293 g/mol. The molecule has 15 heavy (non-hydrogen) atoms. The maximum atomic E-state index is 11.5. The third-order valence-electron chi connectivity index (χ3n) is 1.75. The molecule has 0 aliphatic carbocycles. The fourth-order valence-corrected chi connectivity index (χ4v) is 1.84. The summed E-state index contributed by atoms with van der Waals surface area (Å²) in [6, 6.07) is 3.23. The second-order valence-electron chi connectivity index (χ2n) is 2.98. The van der Waals surface area contributed by atoms with Crippen LogP contribution in [0.2, 0.25) is 5.02 Å². The van der Waals surface area contributed by atoms with Gasteiger partial charge in [0, 0.05) is 4.47 Å². The van der Waals surface area contributed by atoms with E-state index in [2.05, 4.69) is 15.9 Å². The van der Waals surface area contributed by atoms with Gasteiger partial charge in [-0.05, 0) is 18.6 Å². The first-order chi connectivity index (χ1) is 7.06. The Balaban J connectivity index is 2.98. The van der Waals surface area contributed by atoms with E-state index < -0.39 is 5.97 Å². The molecular formula is C10H11BrClNO2. The quantitative estimate of drug-likeness (QED) is 0.687. The van der Waals surface area contributed by atoms with Crippen LogP contribution in [0.4, 0.5) is 5.69 Å². The highest BCUT2D eigenvalue weighted by molar-refractivity contribution is 9.10. The minimum Gasteiger partial charge on any atom is -0.462 e. The van der Waals surface area contributed by atoms with E-state index in [9.17, 15) is 4.79 Å². The lowest BCUT2D eigenvalue weighted by Gasteiger charge is -2.07. The summed E-state index contributed by atoms with van der Waals surface area (Å²) < 4.78 is 5.67. The van der Waals surface area contributed by atoms with Gasteiger partial charge in [-0.25, -0.2) is 4.79 Å². The van der Waals surface area contributed by atoms with Crippen LogP contribution < -0.4 is 5.73 Å². The first-order valence-corrected chi connectivity index (χ1v) is 5.65. The number of benzene rings is 1. The summed E-state index contributed by atoms with van der Waals surface area (Å²) in [5, 5.41) is 0.341. The Labute approximate surface area is 102 Å². The molecule has 0 amide bonds. The molecule has 0 aliphatic heterocycles. The average Bonchev–Trinajstić information content (AvgIpc) is 2.19. The van der Waals surface area contributed by atoms with Gasteiger partial charge in [-0.2, -0.15) is 0 Å². The number of carbonyl (C=O) groups excluding carboxylic acids is 1. The SMILES string of the molecule is CCCOC(=O)c1cc(Br)cc(Cl)c1N. The Morgan fingerprint density at radius 1 is 1.60 bits per heavy atom. The summed E-state index contributed by atoms with van der Waals surface area (Å²) in [5.74, 6) is -0.447. The molecule has 0 atom stereocenters. The number of carbonyl (C=O) groups is 1. The number of hydrogen-bond donors (Lipinski definition) is 1. The van der Waals surface area contributed by atoms with Gasteiger partial charge in [0.25, 0.3) is 0 Å². The molecule has 2 N–H and O–H groups in total. The largest absolute Gasteiger partial charge is 0.462 e. The van der Waals surface area contributed by atoms with Gasteiger partial charge >= 0.3 is 5.97 Å². The molecule has 0 spiro atoms. The molecular weight excluding hydrogens is 281 g/mol. The molecule has 0 bridgehead atoms. The number of ether oxygens (including phenoxy) is 1. The van der Waals surface area contributed by atoms with Crippen LogP contribution >= 0.6 is 27.5 Å². The Hall–Kier alpha value is -0.740. The summed E-state index contributed by atoms with van der Waals surface area (Å²) in [6.07, 6.45) is 0.771. The Morgan fingerprint density at radius 2 is 2.27 bits per heavy atom. The molecule has 0 saturated heterocycles. The second-order valence-corrected chi connectivity index (χ2v) is 4.31. The standard InChI is InChI=1S/C10H11BrClNO2/c1-2-3-15-10(14)7-4-6(11)5-8(12)9(7)13/h4-5H,2-3,13H2,1H3. The zero-order valence-electron chi connectivity index (χ0n) is 8.22. The molecule has 0 fully saturated rings. The van der Waals surface area contributed by atoms with Crippen molar-refractivity contribution in [2.45, 2.75) is 13.3 Å². The van der Waals surface area contributed by atoms with Crippen LogP contribution in [-0.2, 0) is 4.74 Å². The van der Waals surface area contributed by atoms with E-state index >= 15 is 0 Å². The third kappa shape index (κ3) is 3.11. The second kappa shape index (κ2) is 5.37. The highest BCUT2D eigenvalue weighted by Crippen LogP contribution is 2.28. The van der Waals surface area contributed by atoms with Crippen molar-refractivity contribution < 1.29 is 9.53 Å². The lowest BCUT2D eigenvalue weighted by Crippen LogP contribution is -2.09. The van der Waals surface area contributed by atoms with Gasteiger partial charge in [0.05, 0.1) is 22.9 Å². The summed E-state index contributed by atoms with van der Waals surface area (Å²) in [4.78, 5) is 11.5. The molecule has 3 nitrogen and oxygen atoms in total. The lowest BCUT2D eigenvalue weighted by atomic mass is 10.2.